The van der Waals surface area contributed by atoms with E-state index in [9.17, 15) is 9.18 Å². The van der Waals surface area contributed by atoms with Crippen LogP contribution in [0.4, 0.5) is 20.6 Å². The first-order chi connectivity index (χ1) is 14.2. The number of urea groups is 1. The van der Waals surface area contributed by atoms with Crippen molar-refractivity contribution >= 4 is 17.4 Å². The average molecular weight is 397 g/mol. The number of morpholine rings is 1. The highest BCUT2D eigenvalue weighted by molar-refractivity contribution is 5.88. The van der Waals surface area contributed by atoms with Gasteiger partial charge in [-0.15, -0.1) is 0 Å². The van der Waals surface area contributed by atoms with Gasteiger partial charge in [-0.3, -0.25) is 0 Å². The van der Waals surface area contributed by atoms with Crippen LogP contribution in [0.5, 0.6) is 0 Å². The van der Waals surface area contributed by atoms with Crippen LogP contribution in [0.3, 0.4) is 0 Å². The number of hydrogen-bond acceptors (Lipinski definition) is 6. The number of nitrogens with zero attached hydrogens (tertiary/aromatic N) is 5. The lowest BCUT2D eigenvalue weighted by Gasteiger charge is -2.29. The molecule has 0 bridgehead atoms. The van der Waals surface area contributed by atoms with E-state index in [1.54, 1.807) is 35.4 Å². The van der Waals surface area contributed by atoms with Crippen LogP contribution in [-0.4, -0.2) is 52.1 Å². The molecule has 1 aromatic carbocycles. The number of aromatic nitrogens is 4. The Balaban J connectivity index is 1.41. The van der Waals surface area contributed by atoms with Crippen molar-refractivity contribution in [2.45, 2.75) is 6.54 Å². The molecule has 1 aliphatic heterocycles. The molecule has 150 valence electrons. The third-order valence-corrected chi connectivity index (χ3v) is 4.45. The molecule has 10 heteroatoms. The van der Waals surface area contributed by atoms with Crippen LogP contribution in [0.25, 0.3) is 5.82 Å². The van der Waals surface area contributed by atoms with Gasteiger partial charge in [0.25, 0.3) is 0 Å². The summed E-state index contributed by atoms with van der Waals surface area (Å²) in [6.07, 6.45) is 6.44. The molecule has 1 fully saturated rings. The first kappa shape index (κ1) is 18.8. The minimum Gasteiger partial charge on any atom is -0.378 e. The molecule has 0 atom stereocenters. The van der Waals surface area contributed by atoms with Gasteiger partial charge in [0.2, 0.25) is 0 Å². The summed E-state index contributed by atoms with van der Waals surface area (Å²) in [5.74, 6) is 0.313. The zero-order valence-electron chi connectivity index (χ0n) is 15.6. The van der Waals surface area contributed by atoms with Crippen LogP contribution >= 0.6 is 0 Å². The lowest BCUT2D eigenvalue weighted by Crippen LogP contribution is -2.37. The monoisotopic (exact) mass is 397 g/mol. The van der Waals surface area contributed by atoms with Crippen molar-refractivity contribution in [3.05, 3.63) is 60.6 Å². The maximum atomic E-state index is 12.9. The second kappa shape index (κ2) is 8.65. The number of anilines is 2. The number of nitrogens with one attached hydrogen (secondary N) is 2. The van der Waals surface area contributed by atoms with E-state index in [2.05, 4.69) is 30.6 Å². The molecule has 9 nitrogen and oxygen atoms in total. The quantitative estimate of drug-likeness (QED) is 0.683. The Kier molecular flexibility index (Phi) is 5.61. The number of halogens is 1. The third-order valence-electron chi connectivity index (χ3n) is 4.45. The molecule has 3 aromatic rings. The van der Waals surface area contributed by atoms with Gasteiger partial charge in [-0.2, -0.15) is 5.10 Å². The highest BCUT2D eigenvalue weighted by atomic mass is 19.1. The number of ether oxygens (including phenoxy) is 1. The standard InChI is InChI=1S/C19H20FN7O2/c20-15-3-1-14(2-4-15)9-22-19(28)25-16-10-24-27(12-16)18-17(11-21-13-23-18)26-5-7-29-8-6-26/h1-4,10-13H,5-9H2,(H2,22,25,28). The lowest BCUT2D eigenvalue weighted by molar-refractivity contribution is 0.122. The summed E-state index contributed by atoms with van der Waals surface area (Å²) in [5.41, 5.74) is 2.17. The van der Waals surface area contributed by atoms with Crippen LogP contribution < -0.4 is 15.5 Å². The number of carbonyl (C=O) groups excluding carboxylic acids is 1. The van der Waals surface area contributed by atoms with Gasteiger partial charge in [0.15, 0.2) is 5.82 Å². The smallest absolute Gasteiger partial charge is 0.319 e. The topological polar surface area (TPSA) is 97.2 Å². The zero-order valence-corrected chi connectivity index (χ0v) is 15.6. The summed E-state index contributed by atoms with van der Waals surface area (Å²) in [5, 5.41) is 9.76. The first-order valence-corrected chi connectivity index (χ1v) is 9.16. The van der Waals surface area contributed by atoms with E-state index in [-0.39, 0.29) is 18.4 Å². The zero-order chi connectivity index (χ0) is 20.1. The van der Waals surface area contributed by atoms with Crippen molar-refractivity contribution < 1.29 is 13.9 Å². The second-order valence-corrected chi connectivity index (χ2v) is 6.44. The van der Waals surface area contributed by atoms with E-state index in [0.717, 1.165) is 24.3 Å². The van der Waals surface area contributed by atoms with Crippen molar-refractivity contribution in [3.63, 3.8) is 0 Å². The molecule has 29 heavy (non-hydrogen) atoms. The summed E-state index contributed by atoms with van der Waals surface area (Å²) in [6.45, 7) is 3.08. The minimum atomic E-state index is -0.384. The minimum absolute atomic E-state index is 0.285. The van der Waals surface area contributed by atoms with Crippen LogP contribution in [0.15, 0.2) is 49.2 Å². The molecule has 3 heterocycles. The molecule has 0 radical (unpaired) electrons. The Hall–Kier alpha value is -3.53. The van der Waals surface area contributed by atoms with Crippen LogP contribution in [0, 0.1) is 5.82 Å². The van der Waals surface area contributed by atoms with Gasteiger partial charge in [-0.1, -0.05) is 12.1 Å². The molecule has 0 spiro atoms. The first-order valence-electron chi connectivity index (χ1n) is 9.16. The predicted octanol–water partition coefficient (Wildman–Crippen LogP) is 1.96. The highest BCUT2D eigenvalue weighted by Crippen LogP contribution is 2.22. The summed E-state index contributed by atoms with van der Waals surface area (Å²) < 4.78 is 19.9. The summed E-state index contributed by atoms with van der Waals surface area (Å²) in [6, 6.07) is 5.57. The van der Waals surface area contributed by atoms with Crippen molar-refractivity contribution in [2.24, 2.45) is 0 Å². The van der Waals surface area contributed by atoms with Crippen molar-refractivity contribution in [1.29, 1.82) is 0 Å². The van der Waals surface area contributed by atoms with Gasteiger partial charge in [-0.05, 0) is 17.7 Å². The molecule has 2 N–H and O–H groups in total. The van der Waals surface area contributed by atoms with E-state index >= 15 is 0 Å². The van der Waals surface area contributed by atoms with E-state index in [0.29, 0.717) is 24.7 Å². The number of benzene rings is 1. The van der Waals surface area contributed by atoms with Gasteiger partial charge < -0.3 is 20.3 Å². The Bertz CT molecular complexity index is 971. The number of rotatable bonds is 5. The maximum absolute atomic E-state index is 12.9. The van der Waals surface area contributed by atoms with Gasteiger partial charge in [0, 0.05) is 19.6 Å². The van der Waals surface area contributed by atoms with Crippen LogP contribution in [-0.2, 0) is 11.3 Å². The number of hydrogen-bond donors (Lipinski definition) is 2. The van der Waals surface area contributed by atoms with Gasteiger partial charge in [-0.25, -0.2) is 23.8 Å². The predicted molar refractivity (Wildman–Crippen MR) is 104 cm³/mol. The normalized spacial score (nSPS) is 13.9. The van der Waals surface area contributed by atoms with Crippen molar-refractivity contribution in [3.8, 4) is 5.82 Å². The maximum Gasteiger partial charge on any atom is 0.319 e. The van der Waals surface area contributed by atoms with Gasteiger partial charge in [0.1, 0.15) is 17.8 Å². The SMILES string of the molecule is O=C(NCc1ccc(F)cc1)Nc1cnn(-c2ncncc2N2CCOCC2)c1. The fourth-order valence-corrected chi connectivity index (χ4v) is 2.98. The molecule has 0 saturated carbocycles. The third kappa shape index (κ3) is 4.66. The Labute approximate surface area is 166 Å². The van der Waals surface area contributed by atoms with Gasteiger partial charge >= 0.3 is 6.03 Å². The molecule has 2 aromatic heterocycles. The highest BCUT2D eigenvalue weighted by Gasteiger charge is 2.18. The van der Waals surface area contributed by atoms with E-state index in [4.69, 9.17) is 4.74 Å². The lowest BCUT2D eigenvalue weighted by atomic mass is 10.2. The molecule has 4 rings (SSSR count). The Morgan fingerprint density at radius 3 is 2.76 bits per heavy atom. The summed E-state index contributed by atoms with van der Waals surface area (Å²) in [7, 11) is 0. The molecule has 2 amide bonds. The number of amides is 2. The summed E-state index contributed by atoms with van der Waals surface area (Å²) >= 11 is 0. The largest absolute Gasteiger partial charge is 0.378 e. The number of carbonyl (C=O) groups is 1. The molecular weight excluding hydrogens is 377 g/mol. The van der Waals surface area contributed by atoms with Crippen molar-refractivity contribution in [2.75, 3.05) is 36.5 Å². The molecule has 0 unspecified atom stereocenters. The fourth-order valence-electron chi connectivity index (χ4n) is 2.98. The fraction of sp³-hybridized carbons (Fsp3) is 0.263. The van der Waals surface area contributed by atoms with Gasteiger partial charge in [0.05, 0.1) is 37.5 Å². The van der Waals surface area contributed by atoms with E-state index in [1.807, 2.05) is 0 Å². The Morgan fingerprint density at radius 2 is 1.97 bits per heavy atom. The van der Waals surface area contributed by atoms with E-state index < -0.39 is 0 Å². The second-order valence-electron chi connectivity index (χ2n) is 6.44. The molecular formula is C19H20FN7O2. The Morgan fingerprint density at radius 1 is 1.17 bits per heavy atom. The van der Waals surface area contributed by atoms with Crippen molar-refractivity contribution in [1.82, 2.24) is 25.1 Å². The molecule has 1 saturated heterocycles. The molecule has 0 aliphatic carbocycles. The van der Waals surface area contributed by atoms with Crippen LogP contribution in [0.1, 0.15) is 5.56 Å². The molecule has 1 aliphatic rings. The summed E-state index contributed by atoms with van der Waals surface area (Å²) in [4.78, 5) is 22.7. The van der Waals surface area contributed by atoms with Crippen LogP contribution in [0.2, 0.25) is 0 Å². The average Bonchev–Trinajstić information content (AvgIpc) is 3.22. The van der Waals surface area contributed by atoms with E-state index in [1.165, 1.54) is 18.5 Å².